The molecule has 1 amide bonds. The highest BCUT2D eigenvalue weighted by molar-refractivity contribution is 6.30. The minimum absolute atomic E-state index is 0.0877. The van der Waals surface area contributed by atoms with Crippen LogP contribution in [0.2, 0.25) is 5.02 Å². The molecule has 0 spiro atoms. The van der Waals surface area contributed by atoms with E-state index in [0.717, 1.165) is 5.69 Å². The number of anilines is 1. The molecule has 4 heteroatoms. The second-order valence-electron chi connectivity index (χ2n) is 5.15. The highest BCUT2D eigenvalue weighted by atomic mass is 35.5. The monoisotopic (exact) mass is 252 g/mol. The molecule has 1 atom stereocenters. The molecule has 3 nitrogen and oxygen atoms in total. The predicted molar refractivity (Wildman–Crippen MR) is 70.5 cm³/mol. The third-order valence-corrected chi connectivity index (χ3v) is 3.15. The molecule has 1 saturated heterocycles. The van der Waals surface area contributed by atoms with Gasteiger partial charge in [-0.1, -0.05) is 17.7 Å². The Kier molecular flexibility index (Phi) is 3.15. The summed E-state index contributed by atoms with van der Waals surface area (Å²) in [4.78, 5) is 13.9. The zero-order chi connectivity index (χ0) is 12.6. The second-order valence-corrected chi connectivity index (χ2v) is 5.59. The summed E-state index contributed by atoms with van der Waals surface area (Å²) in [6.07, 6.45) is 0. The first kappa shape index (κ1) is 12.4. The number of piperazine rings is 1. The van der Waals surface area contributed by atoms with Crippen LogP contribution in [-0.2, 0) is 4.79 Å². The quantitative estimate of drug-likeness (QED) is 0.833. The van der Waals surface area contributed by atoms with E-state index < -0.39 is 0 Å². The molecule has 2 rings (SSSR count). The van der Waals surface area contributed by atoms with Crippen LogP contribution < -0.4 is 10.2 Å². The van der Waals surface area contributed by atoms with Gasteiger partial charge in [0.1, 0.15) is 0 Å². The summed E-state index contributed by atoms with van der Waals surface area (Å²) >= 11 is 5.97. The van der Waals surface area contributed by atoms with Crippen LogP contribution in [0.3, 0.4) is 0 Å². The van der Waals surface area contributed by atoms with Crippen LogP contribution in [0.5, 0.6) is 0 Å². The van der Waals surface area contributed by atoms with E-state index in [9.17, 15) is 4.79 Å². The van der Waals surface area contributed by atoms with E-state index in [0.29, 0.717) is 11.6 Å². The van der Waals surface area contributed by atoms with Crippen LogP contribution in [0, 0.1) is 0 Å². The third-order valence-electron chi connectivity index (χ3n) is 2.92. The van der Waals surface area contributed by atoms with Gasteiger partial charge in [0.25, 0.3) is 0 Å². The van der Waals surface area contributed by atoms with E-state index in [4.69, 9.17) is 11.6 Å². The van der Waals surface area contributed by atoms with Crippen molar-refractivity contribution in [3.05, 3.63) is 29.3 Å². The number of amides is 1. The first-order valence-corrected chi connectivity index (χ1v) is 6.11. The highest BCUT2D eigenvalue weighted by Crippen LogP contribution is 2.25. The summed E-state index contributed by atoms with van der Waals surface area (Å²) < 4.78 is 0. The van der Waals surface area contributed by atoms with Crippen molar-refractivity contribution in [2.24, 2.45) is 0 Å². The fraction of sp³-hybridized carbons (Fsp3) is 0.462. The number of nitrogens with one attached hydrogen (secondary N) is 1. The van der Waals surface area contributed by atoms with Gasteiger partial charge in [0.15, 0.2) is 0 Å². The van der Waals surface area contributed by atoms with Gasteiger partial charge in [-0.25, -0.2) is 0 Å². The highest BCUT2D eigenvalue weighted by Gasteiger charge is 2.36. The van der Waals surface area contributed by atoms with Crippen LogP contribution in [0.4, 0.5) is 5.69 Å². The van der Waals surface area contributed by atoms with Crippen molar-refractivity contribution in [1.29, 1.82) is 0 Å². The van der Waals surface area contributed by atoms with Crippen molar-refractivity contribution in [1.82, 2.24) is 5.32 Å². The number of benzene rings is 1. The molecule has 17 heavy (non-hydrogen) atoms. The average molecular weight is 253 g/mol. The predicted octanol–water partition coefficient (Wildman–Crippen LogP) is 2.44. The maximum absolute atomic E-state index is 12.1. The zero-order valence-corrected chi connectivity index (χ0v) is 11.1. The molecule has 0 bridgehead atoms. The van der Waals surface area contributed by atoms with Gasteiger partial charge >= 0.3 is 0 Å². The summed E-state index contributed by atoms with van der Waals surface area (Å²) in [5, 5.41) is 3.95. The van der Waals surface area contributed by atoms with E-state index in [2.05, 4.69) is 19.2 Å². The molecule has 0 saturated carbocycles. The van der Waals surface area contributed by atoms with E-state index in [1.807, 2.05) is 31.2 Å². The molecule has 0 aliphatic carbocycles. The number of carbonyl (C=O) groups excluding carboxylic acids is 1. The molecule has 92 valence electrons. The van der Waals surface area contributed by atoms with Gasteiger partial charge < -0.3 is 4.90 Å². The normalized spacial score (nSPS) is 23.9. The lowest BCUT2D eigenvalue weighted by Crippen LogP contribution is -2.64. The molecular weight excluding hydrogens is 236 g/mol. The maximum atomic E-state index is 12.1. The number of nitrogens with zero attached hydrogens (tertiary/aromatic N) is 1. The molecule has 1 fully saturated rings. The van der Waals surface area contributed by atoms with Crippen LogP contribution in [-0.4, -0.2) is 24.0 Å². The molecule has 1 unspecified atom stereocenters. The topological polar surface area (TPSA) is 32.3 Å². The van der Waals surface area contributed by atoms with Gasteiger partial charge in [-0.15, -0.1) is 0 Å². The van der Waals surface area contributed by atoms with Crippen molar-refractivity contribution < 1.29 is 4.79 Å². The molecule has 1 aromatic carbocycles. The molecular formula is C13H17ClN2O. The lowest BCUT2D eigenvalue weighted by atomic mass is 9.98. The molecule has 0 aromatic heterocycles. The number of hydrogen-bond acceptors (Lipinski definition) is 2. The molecule has 1 heterocycles. The van der Waals surface area contributed by atoms with Crippen molar-refractivity contribution in [2.45, 2.75) is 32.4 Å². The smallest absolute Gasteiger partial charge is 0.243 e. The van der Waals surface area contributed by atoms with Crippen LogP contribution in [0.1, 0.15) is 20.8 Å². The van der Waals surface area contributed by atoms with Gasteiger partial charge in [-0.3, -0.25) is 10.1 Å². The summed E-state index contributed by atoms with van der Waals surface area (Å²) in [5.74, 6) is 0.0894. The molecule has 1 aliphatic rings. The number of halogens is 1. The SMILES string of the molecule is CC1NC(C)(C)CN(c2cccc(Cl)c2)C1=O. The summed E-state index contributed by atoms with van der Waals surface area (Å²) in [5.41, 5.74) is 0.777. The number of carbonyl (C=O) groups is 1. The number of rotatable bonds is 1. The van der Waals surface area contributed by atoms with Crippen LogP contribution in [0.15, 0.2) is 24.3 Å². The Morgan fingerprint density at radius 1 is 1.47 bits per heavy atom. The lowest BCUT2D eigenvalue weighted by Gasteiger charge is -2.42. The zero-order valence-electron chi connectivity index (χ0n) is 10.3. The summed E-state index contributed by atoms with van der Waals surface area (Å²) in [6, 6.07) is 7.25. The van der Waals surface area contributed by atoms with E-state index in [1.165, 1.54) is 0 Å². The Bertz CT molecular complexity index is 445. The van der Waals surface area contributed by atoms with Crippen molar-refractivity contribution in [3.8, 4) is 0 Å². The Morgan fingerprint density at radius 3 is 2.82 bits per heavy atom. The second kappa shape index (κ2) is 4.31. The van der Waals surface area contributed by atoms with Gasteiger partial charge in [0.05, 0.1) is 6.04 Å². The van der Waals surface area contributed by atoms with Gasteiger partial charge in [-0.2, -0.15) is 0 Å². The molecule has 0 radical (unpaired) electrons. The fourth-order valence-electron chi connectivity index (χ4n) is 2.26. The largest absolute Gasteiger partial charge is 0.309 e. The number of hydrogen-bond donors (Lipinski definition) is 1. The molecule has 1 aromatic rings. The van der Waals surface area contributed by atoms with E-state index >= 15 is 0 Å². The maximum Gasteiger partial charge on any atom is 0.243 e. The van der Waals surface area contributed by atoms with Gasteiger partial charge in [0, 0.05) is 22.8 Å². The minimum Gasteiger partial charge on any atom is -0.309 e. The standard InChI is InChI=1S/C13H17ClN2O/c1-9-12(17)16(8-13(2,3)15-9)11-6-4-5-10(14)7-11/h4-7,9,15H,8H2,1-3H3. The van der Waals surface area contributed by atoms with Crippen LogP contribution >= 0.6 is 11.6 Å². The third kappa shape index (κ3) is 2.61. The fourth-order valence-corrected chi connectivity index (χ4v) is 2.45. The minimum atomic E-state index is -0.169. The van der Waals surface area contributed by atoms with Crippen molar-refractivity contribution >= 4 is 23.2 Å². The van der Waals surface area contributed by atoms with Crippen molar-refractivity contribution in [3.63, 3.8) is 0 Å². The Hall–Kier alpha value is -1.06. The van der Waals surface area contributed by atoms with E-state index in [-0.39, 0.29) is 17.5 Å². The Morgan fingerprint density at radius 2 is 2.18 bits per heavy atom. The van der Waals surface area contributed by atoms with E-state index in [1.54, 1.807) is 4.90 Å². The first-order chi connectivity index (χ1) is 7.89. The average Bonchev–Trinajstić information content (AvgIpc) is 2.23. The summed E-state index contributed by atoms with van der Waals surface area (Å²) in [7, 11) is 0. The molecule has 1 N–H and O–H groups in total. The Balaban J connectivity index is 2.33. The summed E-state index contributed by atoms with van der Waals surface area (Å²) in [6.45, 7) is 6.72. The first-order valence-electron chi connectivity index (χ1n) is 5.74. The van der Waals surface area contributed by atoms with Gasteiger partial charge in [0.2, 0.25) is 5.91 Å². The van der Waals surface area contributed by atoms with Gasteiger partial charge in [-0.05, 0) is 39.0 Å². The molecule has 1 aliphatic heterocycles. The Labute approximate surface area is 107 Å². The lowest BCUT2D eigenvalue weighted by molar-refractivity contribution is -0.122. The van der Waals surface area contributed by atoms with Crippen molar-refractivity contribution in [2.75, 3.05) is 11.4 Å². The van der Waals surface area contributed by atoms with Crippen LogP contribution in [0.25, 0.3) is 0 Å².